The second-order valence-electron chi connectivity index (χ2n) is 5.24. The van der Waals surface area contributed by atoms with Gasteiger partial charge in [0, 0.05) is 6.54 Å². The lowest BCUT2D eigenvalue weighted by Gasteiger charge is -2.39. The first-order chi connectivity index (χ1) is 7.06. The van der Waals surface area contributed by atoms with Crippen LogP contribution in [0, 0.1) is 5.41 Å². The zero-order valence-electron chi connectivity index (χ0n) is 10.3. The van der Waals surface area contributed by atoms with Gasteiger partial charge >= 0.3 is 0 Å². The predicted molar refractivity (Wildman–Crippen MR) is 62.0 cm³/mol. The topological polar surface area (TPSA) is 32.7 Å². The van der Waals surface area contributed by atoms with Crippen LogP contribution in [0.1, 0.15) is 33.6 Å². The summed E-state index contributed by atoms with van der Waals surface area (Å²) in [7, 11) is 0. The molecule has 3 nitrogen and oxygen atoms in total. The molecule has 3 heteroatoms. The first kappa shape index (κ1) is 12.9. The van der Waals surface area contributed by atoms with E-state index in [0.29, 0.717) is 11.5 Å². The number of nitrogens with zero attached hydrogens (tertiary/aromatic N) is 1. The average Bonchev–Trinajstić information content (AvgIpc) is 2.20. The molecule has 1 heterocycles. The van der Waals surface area contributed by atoms with E-state index in [2.05, 4.69) is 25.7 Å². The molecule has 1 aliphatic rings. The summed E-state index contributed by atoms with van der Waals surface area (Å²) in [6.45, 7) is 10.6. The molecule has 1 rings (SSSR count). The van der Waals surface area contributed by atoms with Crippen LogP contribution >= 0.6 is 0 Å². The van der Waals surface area contributed by atoms with Gasteiger partial charge in [0.15, 0.2) is 0 Å². The van der Waals surface area contributed by atoms with E-state index in [1.165, 1.54) is 12.8 Å². The molecule has 90 valence electrons. The molecule has 0 radical (unpaired) electrons. The van der Waals surface area contributed by atoms with E-state index in [0.717, 1.165) is 26.2 Å². The number of ether oxygens (including phenoxy) is 1. The Balaban J connectivity index is 2.27. The molecule has 0 aromatic rings. The van der Waals surface area contributed by atoms with Gasteiger partial charge in [0.25, 0.3) is 0 Å². The van der Waals surface area contributed by atoms with Gasteiger partial charge in [-0.3, -0.25) is 0 Å². The second-order valence-corrected chi connectivity index (χ2v) is 5.24. The molecule has 1 aliphatic heterocycles. The highest BCUT2D eigenvalue weighted by molar-refractivity contribution is 4.82. The van der Waals surface area contributed by atoms with Crippen molar-refractivity contribution >= 4 is 0 Å². The summed E-state index contributed by atoms with van der Waals surface area (Å²) in [5.41, 5.74) is 0.343. The summed E-state index contributed by atoms with van der Waals surface area (Å²) in [5.74, 6) is 0. The minimum atomic E-state index is 0.277. The smallest absolute Gasteiger partial charge is 0.0558 e. The molecule has 0 aromatic carbocycles. The Morgan fingerprint density at radius 3 is 2.40 bits per heavy atom. The van der Waals surface area contributed by atoms with Gasteiger partial charge in [-0.25, -0.2) is 0 Å². The summed E-state index contributed by atoms with van der Waals surface area (Å²) >= 11 is 0. The molecule has 1 fully saturated rings. The highest BCUT2D eigenvalue weighted by Crippen LogP contribution is 2.31. The molecule has 1 N–H and O–H groups in total. The molecule has 0 unspecified atom stereocenters. The normalized spacial score (nSPS) is 22.2. The zero-order chi connectivity index (χ0) is 11.3. The Kier molecular flexibility index (Phi) is 5.03. The third-order valence-electron chi connectivity index (χ3n) is 3.24. The number of aliphatic hydroxyl groups is 1. The van der Waals surface area contributed by atoms with Crippen molar-refractivity contribution in [1.82, 2.24) is 4.90 Å². The van der Waals surface area contributed by atoms with Gasteiger partial charge in [-0.2, -0.15) is 0 Å². The lowest BCUT2D eigenvalue weighted by Crippen LogP contribution is -2.42. The van der Waals surface area contributed by atoms with E-state index >= 15 is 0 Å². The third kappa shape index (κ3) is 4.49. The van der Waals surface area contributed by atoms with Crippen LogP contribution in [0.5, 0.6) is 0 Å². The number of likely N-dealkylation sites (tertiary alicyclic amines) is 1. The van der Waals surface area contributed by atoms with Gasteiger partial charge in [0.1, 0.15) is 0 Å². The fourth-order valence-corrected chi connectivity index (χ4v) is 1.97. The monoisotopic (exact) mass is 215 g/mol. The van der Waals surface area contributed by atoms with E-state index in [-0.39, 0.29) is 6.61 Å². The fraction of sp³-hybridized carbons (Fsp3) is 1.00. The molecule has 0 aromatic heterocycles. The minimum Gasteiger partial charge on any atom is -0.395 e. The van der Waals surface area contributed by atoms with Gasteiger partial charge in [-0.05, 0) is 45.2 Å². The van der Waals surface area contributed by atoms with Crippen molar-refractivity contribution in [3.8, 4) is 0 Å². The first-order valence-corrected chi connectivity index (χ1v) is 6.00. The van der Waals surface area contributed by atoms with E-state index < -0.39 is 0 Å². The van der Waals surface area contributed by atoms with Crippen LogP contribution in [-0.4, -0.2) is 49.0 Å². The third-order valence-corrected chi connectivity index (χ3v) is 3.24. The molecular formula is C12H25NO2. The average molecular weight is 215 g/mol. The van der Waals surface area contributed by atoms with Crippen LogP contribution < -0.4 is 0 Å². The molecule has 0 saturated carbocycles. The quantitative estimate of drug-likeness (QED) is 0.754. The van der Waals surface area contributed by atoms with E-state index in [4.69, 9.17) is 9.84 Å². The van der Waals surface area contributed by atoms with Gasteiger partial charge in [-0.1, -0.05) is 6.92 Å². The molecule has 0 bridgehead atoms. The maximum atomic E-state index is 8.86. The van der Waals surface area contributed by atoms with Crippen molar-refractivity contribution in [3.05, 3.63) is 0 Å². The molecule has 0 aliphatic carbocycles. The molecule has 0 amide bonds. The predicted octanol–water partition coefficient (Wildman–Crippen LogP) is 1.51. The first-order valence-electron chi connectivity index (χ1n) is 6.00. The van der Waals surface area contributed by atoms with Crippen molar-refractivity contribution in [3.63, 3.8) is 0 Å². The highest BCUT2D eigenvalue weighted by Gasteiger charge is 2.30. The number of rotatable bonds is 5. The number of β-amino-alcohol motifs (C(OH)–C–C–N with tert-alkyl or cyclic N) is 1. The van der Waals surface area contributed by atoms with Gasteiger partial charge in [0.05, 0.1) is 19.3 Å². The fourth-order valence-electron chi connectivity index (χ4n) is 1.97. The summed E-state index contributed by atoms with van der Waals surface area (Å²) in [5, 5.41) is 8.86. The Labute approximate surface area is 93.4 Å². The van der Waals surface area contributed by atoms with Crippen LogP contribution in [0.2, 0.25) is 0 Å². The number of piperidine rings is 1. The molecule has 0 atom stereocenters. The summed E-state index contributed by atoms with van der Waals surface area (Å²) in [6.07, 6.45) is 2.69. The van der Waals surface area contributed by atoms with Crippen molar-refractivity contribution in [2.75, 3.05) is 32.8 Å². The Hall–Kier alpha value is -0.120. The second kappa shape index (κ2) is 5.83. The van der Waals surface area contributed by atoms with Gasteiger partial charge < -0.3 is 14.7 Å². The maximum Gasteiger partial charge on any atom is 0.0558 e. The van der Waals surface area contributed by atoms with Crippen LogP contribution in [0.15, 0.2) is 0 Å². The van der Waals surface area contributed by atoms with E-state index in [1.54, 1.807) is 0 Å². The van der Waals surface area contributed by atoms with Crippen LogP contribution in [0.3, 0.4) is 0 Å². The Morgan fingerprint density at radius 1 is 1.33 bits per heavy atom. The minimum absolute atomic E-state index is 0.277. The van der Waals surface area contributed by atoms with Gasteiger partial charge in [-0.15, -0.1) is 0 Å². The maximum absolute atomic E-state index is 8.86. The summed E-state index contributed by atoms with van der Waals surface area (Å²) in [6, 6.07) is 0. The van der Waals surface area contributed by atoms with Crippen LogP contribution in [-0.2, 0) is 4.74 Å². The lowest BCUT2D eigenvalue weighted by molar-refractivity contribution is -0.0170. The van der Waals surface area contributed by atoms with Gasteiger partial charge in [0.2, 0.25) is 0 Å². The standard InChI is InChI=1S/C12H25NO2/c1-11(2)15-10-12(3)4-6-13(7-5-12)8-9-14/h11,14H,4-10H2,1-3H3. The molecular weight excluding hydrogens is 190 g/mol. The summed E-state index contributed by atoms with van der Waals surface area (Å²) in [4.78, 5) is 2.33. The van der Waals surface area contributed by atoms with Crippen LogP contribution in [0.4, 0.5) is 0 Å². The van der Waals surface area contributed by atoms with Crippen molar-refractivity contribution in [2.45, 2.75) is 39.7 Å². The molecule has 15 heavy (non-hydrogen) atoms. The van der Waals surface area contributed by atoms with Crippen molar-refractivity contribution < 1.29 is 9.84 Å². The highest BCUT2D eigenvalue weighted by atomic mass is 16.5. The number of hydrogen-bond acceptors (Lipinski definition) is 3. The molecule has 0 spiro atoms. The Morgan fingerprint density at radius 2 is 1.93 bits per heavy atom. The number of hydrogen-bond donors (Lipinski definition) is 1. The van der Waals surface area contributed by atoms with E-state index in [1.807, 2.05) is 0 Å². The van der Waals surface area contributed by atoms with Crippen LogP contribution in [0.25, 0.3) is 0 Å². The summed E-state index contributed by atoms with van der Waals surface area (Å²) < 4.78 is 5.71. The SMILES string of the molecule is CC(C)OCC1(C)CCN(CCO)CC1. The van der Waals surface area contributed by atoms with E-state index in [9.17, 15) is 0 Å². The lowest BCUT2D eigenvalue weighted by atomic mass is 9.81. The molecule has 1 saturated heterocycles. The zero-order valence-corrected chi connectivity index (χ0v) is 10.3. The largest absolute Gasteiger partial charge is 0.395 e. The number of aliphatic hydroxyl groups excluding tert-OH is 1. The Bertz CT molecular complexity index is 174. The van der Waals surface area contributed by atoms with Crippen molar-refractivity contribution in [1.29, 1.82) is 0 Å². The van der Waals surface area contributed by atoms with Crippen molar-refractivity contribution in [2.24, 2.45) is 5.41 Å².